The lowest BCUT2D eigenvalue weighted by molar-refractivity contribution is -0.137. The summed E-state index contributed by atoms with van der Waals surface area (Å²) in [7, 11) is 0. The second kappa shape index (κ2) is 6.20. The summed E-state index contributed by atoms with van der Waals surface area (Å²) < 4.78 is 11.4. The minimum Gasteiger partial charge on any atom is -0.441 e. The van der Waals surface area contributed by atoms with Crippen LogP contribution in [0.15, 0.2) is 22.6 Å². The van der Waals surface area contributed by atoms with E-state index in [1.165, 1.54) is 5.56 Å². The lowest BCUT2D eigenvalue weighted by Crippen LogP contribution is -2.47. The van der Waals surface area contributed by atoms with Gasteiger partial charge in [0.1, 0.15) is 5.52 Å². The molecule has 1 amide bonds. The molecule has 0 N–H and O–H groups in total. The first-order valence-electron chi connectivity index (χ1n) is 8.85. The van der Waals surface area contributed by atoms with Crippen molar-refractivity contribution in [2.24, 2.45) is 5.41 Å². The zero-order valence-corrected chi connectivity index (χ0v) is 14.2. The van der Waals surface area contributed by atoms with Crippen LogP contribution in [0.5, 0.6) is 0 Å². The molecule has 1 spiro atoms. The number of ether oxygens (including phenoxy) is 1. The van der Waals surface area contributed by atoms with Crippen LogP contribution in [-0.2, 0) is 16.0 Å². The van der Waals surface area contributed by atoms with Crippen LogP contribution in [-0.4, -0.2) is 42.1 Å². The Hall–Kier alpha value is -1.88. The third kappa shape index (κ3) is 3.05. The van der Waals surface area contributed by atoms with Crippen molar-refractivity contribution in [2.75, 3.05) is 26.3 Å². The van der Waals surface area contributed by atoms with Crippen LogP contribution in [0.25, 0.3) is 11.1 Å². The van der Waals surface area contributed by atoms with E-state index in [9.17, 15) is 4.79 Å². The number of rotatable bonds is 4. The molecular formula is C19H24N2O3. The van der Waals surface area contributed by atoms with E-state index in [1.807, 2.05) is 30.0 Å². The van der Waals surface area contributed by atoms with Crippen molar-refractivity contribution in [3.63, 3.8) is 0 Å². The first-order valence-corrected chi connectivity index (χ1v) is 8.85. The average molecular weight is 328 g/mol. The van der Waals surface area contributed by atoms with Gasteiger partial charge in [-0.15, -0.1) is 0 Å². The van der Waals surface area contributed by atoms with E-state index >= 15 is 0 Å². The van der Waals surface area contributed by atoms with Crippen molar-refractivity contribution >= 4 is 17.0 Å². The molecule has 2 aromatic rings. The summed E-state index contributed by atoms with van der Waals surface area (Å²) in [4.78, 5) is 18.8. The molecule has 3 heterocycles. The molecule has 24 heavy (non-hydrogen) atoms. The zero-order chi connectivity index (χ0) is 16.6. The van der Waals surface area contributed by atoms with E-state index in [4.69, 9.17) is 9.15 Å². The smallest absolute Gasteiger partial charge is 0.222 e. The predicted molar refractivity (Wildman–Crippen MR) is 90.8 cm³/mol. The molecule has 1 aromatic heterocycles. The molecule has 0 bridgehead atoms. The molecule has 4 rings (SSSR count). The van der Waals surface area contributed by atoms with E-state index in [2.05, 4.69) is 4.98 Å². The molecule has 2 fully saturated rings. The Morgan fingerprint density at radius 1 is 1.33 bits per heavy atom. The molecule has 1 atom stereocenters. The van der Waals surface area contributed by atoms with Gasteiger partial charge in [0.2, 0.25) is 5.91 Å². The van der Waals surface area contributed by atoms with Gasteiger partial charge < -0.3 is 14.1 Å². The van der Waals surface area contributed by atoms with Crippen LogP contribution in [0, 0.1) is 12.3 Å². The first kappa shape index (κ1) is 15.6. The highest BCUT2D eigenvalue weighted by atomic mass is 16.5. The van der Waals surface area contributed by atoms with Crippen molar-refractivity contribution < 1.29 is 13.9 Å². The summed E-state index contributed by atoms with van der Waals surface area (Å²) in [6.07, 6.45) is 4.37. The normalized spacial score (nSPS) is 24.4. The highest BCUT2D eigenvalue weighted by Crippen LogP contribution is 2.38. The summed E-state index contributed by atoms with van der Waals surface area (Å²) in [5.41, 5.74) is 3.14. The number of carbonyl (C=O) groups is 1. The highest BCUT2D eigenvalue weighted by molar-refractivity contribution is 5.77. The van der Waals surface area contributed by atoms with Crippen molar-refractivity contribution in [3.05, 3.63) is 29.7 Å². The predicted octanol–water partition coefficient (Wildman–Crippen LogP) is 3.10. The summed E-state index contributed by atoms with van der Waals surface area (Å²) >= 11 is 0. The molecular weight excluding hydrogens is 304 g/mol. The van der Waals surface area contributed by atoms with Gasteiger partial charge in [0.15, 0.2) is 11.5 Å². The zero-order valence-electron chi connectivity index (χ0n) is 14.2. The summed E-state index contributed by atoms with van der Waals surface area (Å²) in [6.45, 7) is 5.31. The lowest BCUT2D eigenvalue weighted by atomic mass is 9.79. The fraction of sp³-hybridized carbons (Fsp3) is 0.579. The quantitative estimate of drug-likeness (QED) is 0.865. The number of hydrogen-bond donors (Lipinski definition) is 0. The maximum Gasteiger partial charge on any atom is 0.222 e. The van der Waals surface area contributed by atoms with Gasteiger partial charge in [-0.2, -0.15) is 0 Å². The standard InChI is InChI=1S/C19H24N2O3/c1-14-4-5-15-16(11-14)24-17(20-15)3-2-9-21-12-19(7-6-18(21)22)8-10-23-13-19/h4-5,11H,2-3,6-10,12-13H2,1H3. The molecule has 0 aliphatic carbocycles. The molecule has 1 aromatic carbocycles. The number of oxazole rings is 1. The SMILES string of the molecule is Cc1ccc2nc(CCCN3CC4(CCOC4)CCC3=O)oc2c1. The minimum absolute atomic E-state index is 0.211. The Labute approximate surface area is 142 Å². The maximum atomic E-state index is 12.2. The number of benzene rings is 1. The third-order valence-corrected chi connectivity index (χ3v) is 5.34. The van der Waals surface area contributed by atoms with Gasteiger partial charge in [0.25, 0.3) is 0 Å². The van der Waals surface area contributed by atoms with Crippen molar-refractivity contribution in [1.82, 2.24) is 9.88 Å². The fourth-order valence-electron chi connectivity index (χ4n) is 3.89. The van der Waals surface area contributed by atoms with Crippen molar-refractivity contribution in [2.45, 2.75) is 39.0 Å². The number of fused-ring (bicyclic) bond motifs is 1. The number of aromatic nitrogens is 1. The van der Waals surface area contributed by atoms with Gasteiger partial charge in [-0.3, -0.25) is 4.79 Å². The maximum absolute atomic E-state index is 12.2. The van der Waals surface area contributed by atoms with Crippen LogP contribution >= 0.6 is 0 Å². The molecule has 5 heteroatoms. The topological polar surface area (TPSA) is 55.6 Å². The number of piperidine rings is 1. The molecule has 1 unspecified atom stereocenters. The van der Waals surface area contributed by atoms with Gasteiger partial charge in [-0.05, 0) is 43.9 Å². The molecule has 2 aliphatic heterocycles. The van der Waals surface area contributed by atoms with E-state index in [1.54, 1.807) is 0 Å². The highest BCUT2D eigenvalue weighted by Gasteiger charge is 2.41. The van der Waals surface area contributed by atoms with E-state index in [0.717, 1.165) is 69.0 Å². The Morgan fingerprint density at radius 3 is 3.08 bits per heavy atom. The number of hydrogen-bond acceptors (Lipinski definition) is 4. The second-order valence-corrected chi connectivity index (χ2v) is 7.30. The molecule has 128 valence electrons. The largest absolute Gasteiger partial charge is 0.441 e. The number of carbonyl (C=O) groups excluding carboxylic acids is 1. The van der Waals surface area contributed by atoms with Gasteiger partial charge in [-0.1, -0.05) is 6.07 Å². The van der Waals surface area contributed by atoms with Gasteiger partial charge in [0, 0.05) is 38.0 Å². The third-order valence-electron chi connectivity index (χ3n) is 5.34. The Balaban J connectivity index is 1.36. The Morgan fingerprint density at radius 2 is 2.25 bits per heavy atom. The van der Waals surface area contributed by atoms with Crippen LogP contribution < -0.4 is 0 Å². The van der Waals surface area contributed by atoms with Crippen LogP contribution in [0.4, 0.5) is 0 Å². The van der Waals surface area contributed by atoms with Gasteiger partial charge >= 0.3 is 0 Å². The number of nitrogens with zero attached hydrogens (tertiary/aromatic N) is 2. The van der Waals surface area contributed by atoms with Gasteiger partial charge in [-0.25, -0.2) is 4.98 Å². The second-order valence-electron chi connectivity index (χ2n) is 7.30. The van der Waals surface area contributed by atoms with Crippen molar-refractivity contribution in [1.29, 1.82) is 0 Å². The van der Waals surface area contributed by atoms with E-state index in [-0.39, 0.29) is 11.3 Å². The Kier molecular flexibility index (Phi) is 4.04. The minimum atomic E-state index is 0.211. The molecule has 0 radical (unpaired) electrons. The summed E-state index contributed by atoms with van der Waals surface area (Å²) in [5, 5.41) is 0. The van der Waals surface area contributed by atoms with Crippen molar-refractivity contribution in [3.8, 4) is 0 Å². The fourth-order valence-corrected chi connectivity index (χ4v) is 3.89. The van der Waals surface area contributed by atoms with Gasteiger partial charge in [0.05, 0.1) is 6.61 Å². The first-order chi connectivity index (χ1) is 11.6. The van der Waals surface area contributed by atoms with Crippen LogP contribution in [0.3, 0.4) is 0 Å². The van der Waals surface area contributed by atoms with E-state index in [0.29, 0.717) is 6.42 Å². The number of amides is 1. The Bertz CT molecular complexity index is 746. The summed E-state index contributed by atoms with van der Waals surface area (Å²) in [5.74, 6) is 1.04. The number of aryl methyl sites for hydroxylation is 2. The van der Waals surface area contributed by atoms with Crippen LogP contribution in [0.1, 0.15) is 37.1 Å². The van der Waals surface area contributed by atoms with Crippen LogP contribution in [0.2, 0.25) is 0 Å². The molecule has 0 saturated carbocycles. The average Bonchev–Trinajstić information content (AvgIpc) is 3.17. The summed E-state index contributed by atoms with van der Waals surface area (Å²) in [6, 6.07) is 6.06. The lowest BCUT2D eigenvalue weighted by Gasteiger charge is -2.39. The van der Waals surface area contributed by atoms with E-state index < -0.39 is 0 Å². The molecule has 5 nitrogen and oxygen atoms in total. The molecule has 2 aliphatic rings. The monoisotopic (exact) mass is 328 g/mol. The molecule has 2 saturated heterocycles. The number of likely N-dealkylation sites (tertiary alicyclic amines) is 1.